The van der Waals surface area contributed by atoms with E-state index in [0.717, 1.165) is 13.1 Å². The number of rotatable bonds is 4. The fourth-order valence-corrected chi connectivity index (χ4v) is 4.27. The van der Waals surface area contributed by atoms with Gasteiger partial charge >= 0.3 is 0 Å². The highest BCUT2D eigenvalue weighted by Gasteiger charge is 2.28. The molecule has 1 saturated carbocycles. The molecule has 0 bridgehead atoms. The lowest BCUT2D eigenvalue weighted by molar-refractivity contribution is 0.232. The number of hydrogen-bond acceptors (Lipinski definition) is 3. The highest BCUT2D eigenvalue weighted by atomic mass is 15.2. The van der Waals surface area contributed by atoms with Crippen molar-refractivity contribution < 1.29 is 0 Å². The molecular formula is C19H26N4. The van der Waals surface area contributed by atoms with Gasteiger partial charge in [0.15, 0.2) is 0 Å². The smallest absolute Gasteiger partial charge is 0.0951 e. The predicted octanol–water partition coefficient (Wildman–Crippen LogP) is 4.12. The maximum Gasteiger partial charge on any atom is 0.0951 e. The van der Waals surface area contributed by atoms with Crippen molar-refractivity contribution in [2.45, 2.75) is 63.6 Å². The maximum atomic E-state index is 4.59. The Balaban J connectivity index is 1.50. The Morgan fingerprint density at radius 2 is 1.96 bits per heavy atom. The van der Waals surface area contributed by atoms with Gasteiger partial charge in [0.05, 0.1) is 23.8 Å². The van der Waals surface area contributed by atoms with Gasteiger partial charge in [-0.15, -0.1) is 0 Å². The molecule has 2 aromatic heterocycles. The van der Waals surface area contributed by atoms with Gasteiger partial charge in [-0.25, -0.2) is 4.98 Å². The van der Waals surface area contributed by atoms with Crippen LogP contribution in [0.25, 0.3) is 0 Å². The molecule has 4 rings (SSSR count). The van der Waals surface area contributed by atoms with E-state index >= 15 is 0 Å². The number of hydrogen-bond donors (Lipinski definition) is 0. The second-order valence-electron chi connectivity index (χ2n) is 6.97. The van der Waals surface area contributed by atoms with E-state index in [1.54, 1.807) is 0 Å². The van der Waals surface area contributed by atoms with Crippen LogP contribution in [0.4, 0.5) is 0 Å². The summed E-state index contributed by atoms with van der Waals surface area (Å²) in [5, 5.41) is 0. The third-order valence-electron chi connectivity index (χ3n) is 5.47. The Morgan fingerprint density at radius 1 is 1.04 bits per heavy atom. The third kappa shape index (κ3) is 3.18. The average molecular weight is 310 g/mol. The van der Waals surface area contributed by atoms with Crippen molar-refractivity contribution >= 4 is 0 Å². The Bertz CT molecular complexity index is 615. The zero-order chi connectivity index (χ0) is 15.5. The molecule has 1 saturated heterocycles. The fourth-order valence-electron chi connectivity index (χ4n) is 4.27. The second kappa shape index (κ2) is 6.83. The van der Waals surface area contributed by atoms with Crippen LogP contribution in [0.5, 0.6) is 0 Å². The van der Waals surface area contributed by atoms with E-state index in [1.807, 2.05) is 12.3 Å². The molecule has 2 aliphatic rings. The van der Waals surface area contributed by atoms with Gasteiger partial charge in [-0.3, -0.25) is 9.88 Å². The van der Waals surface area contributed by atoms with Crippen molar-refractivity contribution in [3.63, 3.8) is 0 Å². The fraction of sp³-hybridized carbons (Fsp3) is 0.579. The highest BCUT2D eigenvalue weighted by Crippen LogP contribution is 2.33. The highest BCUT2D eigenvalue weighted by molar-refractivity contribution is 5.12. The minimum absolute atomic E-state index is 0.464. The molecule has 2 fully saturated rings. The zero-order valence-electron chi connectivity index (χ0n) is 13.8. The summed E-state index contributed by atoms with van der Waals surface area (Å²) in [7, 11) is 0. The molecular weight excluding hydrogens is 284 g/mol. The van der Waals surface area contributed by atoms with Crippen LogP contribution >= 0.6 is 0 Å². The van der Waals surface area contributed by atoms with Gasteiger partial charge in [0.1, 0.15) is 0 Å². The summed E-state index contributed by atoms with van der Waals surface area (Å²) in [6, 6.07) is 7.40. The molecule has 23 heavy (non-hydrogen) atoms. The van der Waals surface area contributed by atoms with Crippen LogP contribution < -0.4 is 0 Å². The van der Waals surface area contributed by atoms with E-state index in [9.17, 15) is 0 Å². The average Bonchev–Trinajstić information content (AvgIpc) is 3.26. The van der Waals surface area contributed by atoms with Gasteiger partial charge in [0.2, 0.25) is 0 Å². The van der Waals surface area contributed by atoms with Crippen molar-refractivity contribution in [1.29, 1.82) is 0 Å². The molecule has 1 aliphatic heterocycles. The molecule has 4 heteroatoms. The summed E-state index contributed by atoms with van der Waals surface area (Å²) in [6.45, 7) is 2.16. The van der Waals surface area contributed by atoms with Crippen LogP contribution in [0, 0.1) is 0 Å². The van der Waals surface area contributed by atoms with Gasteiger partial charge in [-0.2, -0.15) is 0 Å². The van der Waals surface area contributed by atoms with Crippen LogP contribution in [-0.4, -0.2) is 26.0 Å². The normalized spacial score (nSPS) is 23.4. The van der Waals surface area contributed by atoms with Crippen LogP contribution in [0.2, 0.25) is 0 Å². The van der Waals surface area contributed by atoms with E-state index in [2.05, 4.69) is 44.1 Å². The van der Waals surface area contributed by atoms with Crippen LogP contribution in [0.15, 0.2) is 36.9 Å². The minimum atomic E-state index is 0.464. The number of aromatic nitrogens is 3. The van der Waals surface area contributed by atoms with Crippen molar-refractivity contribution in [2.24, 2.45) is 0 Å². The van der Waals surface area contributed by atoms with Gasteiger partial charge in [-0.05, 0) is 44.4 Å². The summed E-state index contributed by atoms with van der Waals surface area (Å²) in [4.78, 5) is 11.6. The summed E-state index contributed by atoms with van der Waals surface area (Å²) < 4.78 is 2.45. The summed E-state index contributed by atoms with van der Waals surface area (Å²) in [5.74, 6) is 0. The summed E-state index contributed by atoms with van der Waals surface area (Å²) in [5.41, 5.74) is 2.59. The van der Waals surface area contributed by atoms with Crippen molar-refractivity contribution in [3.8, 4) is 0 Å². The first-order valence-electron chi connectivity index (χ1n) is 9.07. The molecule has 4 nitrogen and oxygen atoms in total. The van der Waals surface area contributed by atoms with E-state index in [0.29, 0.717) is 12.1 Å². The molecule has 1 aliphatic carbocycles. The molecule has 0 N–H and O–H groups in total. The Labute approximate surface area is 138 Å². The van der Waals surface area contributed by atoms with Crippen LogP contribution in [-0.2, 0) is 6.54 Å². The number of pyridine rings is 1. The maximum absolute atomic E-state index is 4.59. The molecule has 1 atom stereocenters. The summed E-state index contributed by atoms with van der Waals surface area (Å²) in [6.07, 6.45) is 15.3. The Hall–Kier alpha value is -1.68. The van der Waals surface area contributed by atoms with Gasteiger partial charge in [0.25, 0.3) is 0 Å². The largest absolute Gasteiger partial charge is 0.330 e. The van der Waals surface area contributed by atoms with Gasteiger partial charge < -0.3 is 4.57 Å². The van der Waals surface area contributed by atoms with Crippen molar-refractivity contribution in [3.05, 3.63) is 48.3 Å². The number of likely N-dealkylation sites (tertiary alicyclic amines) is 1. The van der Waals surface area contributed by atoms with Crippen LogP contribution in [0.1, 0.15) is 68.4 Å². The Morgan fingerprint density at radius 3 is 2.78 bits per heavy atom. The standard InChI is InChI=1S/C19H26N4/c1-2-7-16(8-3-1)23-15-20-13-17(23)14-22-12-6-10-19(22)18-9-4-5-11-21-18/h4-5,9,11,13,15-16,19H,1-3,6-8,10,12,14H2/t19-/m0/s1. The lowest BCUT2D eigenvalue weighted by Gasteiger charge is -2.28. The van der Waals surface area contributed by atoms with Crippen molar-refractivity contribution in [1.82, 2.24) is 19.4 Å². The topological polar surface area (TPSA) is 34.0 Å². The SMILES string of the molecule is c1ccc([C@@H]2CCCN2Cc2cncn2C2CCCCC2)nc1. The molecule has 2 aromatic rings. The van der Waals surface area contributed by atoms with Gasteiger partial charge in [0, 0.05) is 25.0 Å². The molecule has 0 aromatic carbocycles. The molecule has 0 spiro atoms. The molecule has 0 radical (unpaired) electrons. The van der Waals surface area contributed by atoms with Gasteiger partial charge in [-0.1, -0.05) is 25.3 Å². The molecule has 3 heterocycles. The number of imidazole rings is 1. The molecule has 0 amide bonds. The van der Waals surface area contributed by atoms with E-state index in [4.69, 9.17) is 0 Å². The van der Waals surface area contributed by atoms with Crippen molar-refractivity contribution in [2.75, 3.05) is 6.54 Å². The lowest BCUT2D eigenvalue weighted by atomic mass is 9.95. The predicted molar refractivity (Wildman–Crippen MR) is 91.0 cm³/mol. The van der Waals surface area contributed by atoms with E-state index in [1.165, 1.54) is 56.3 Å². The first-order chi connectivity index (χ1) is 11.4. The third-order valence-corrected chi connectivity index (χ3v) is 5.47. The molecule has 122 valence electrons. The number of nitrogens with zero attached hydrogens (tertiary/aromatic N) is 4. The van der Waals surface area contributed by atoms with E-state index < -0.39 is 0 Å². The quantitative estimate of drug-likeness (QED) is 0.852. The zero-order valence-corrected chi connectivity index (χ0v) is 13.8. The first-order valence-corrected chi connectivity index (χ1v) is 9.07. The second-order valence-corrected chi connectivity index (χ2v) is 6.97. The van der Waals surface area contributed by atoms with Crippen LogP contribution in [0.3, 0.4) is 0 Å². The minimum Gasteiger partial charge on any atom is -0.330 e. The lowest BCUT2D eigenvalue weighted by Crippen LogP contribution is -2.26. The first kappa shape index (κ1) is 14.9. The molecule has 0 unspecified atom stereocenters. The summed E-state index contributed by atoms with van der Waals surface area (Å²) >= 11 is 0. The monoisotopic (exact) mass is 310 g/mol. The Kier molecular flexibility index (Phi) is 4.42. The van der Waals surface area contributed by atoms with E-state index in [-0.39, 0.29) is 0 Å².